The largest absolute Gasteiger partial charge is 0.510 e. The summed E-state index contributed by atoms with van der Waals surface area (Å²) in [5.41, 5.74) is 3.54. The third kappa shape index (κ3) is 3.75. The van der Waals surface area contributed by atoms with Crippen molar-refractivity contribution in [2.75, 3.05) is 13.1 Å². The van der Waals surface area contributed by atoms with Gasteiger partial charge in [0.15, 0.2) is 0 Å². The first-order valence-electron chi connectivity index (χ1n) is 8.63. The minimum Gasteiger partial charge on any atom is -0.510 e. The van der Waals surface area contributed by atoms with Gasteiger partial charge in [0.05, 0.1) is 17.8 Å². The van der Waals surface area contributed by atoms with E-state index in [4.69, 9.17) is 17.0 Å². The number of aliphatic hydroxyl groups is 1. The van der Waals surface area contributed by atoms with Gasteiger partial charge in [-0.15, -0.1) is 11.3 Å². The lowest BCUT2D eigenvalue weighted by atomic mass is 10.1. The van der Waals surface area contributed by atoms with Crippen molar-refractivity contribution in [3.63, 3.8) is 0 Å². The van der Waals surface area contributed by atoms with Gasteiger partial charge < -0.3 is 10.0 Å². The summed E-state index contributed by atoms with van der Waals surface area (Å²) in [7, 11) is 0. The van der Waals surface area contributed by atoms with Gasteiger partial charge in [-0.05, 0) is 24.1 Å². The number of aromatic nitrogens is 1. The zero-order valence-corrected chi connectivity index (χ0v) is 16.1. The van der Waals surface area contributed by atoms with Crippen LogP contribution in [0, 0.1) is 5.41 Å². The molecule has 6 heteroatoms. The van der Waals surface area contributed by atoms with Crippen molar-refractivity contribution in [2.24, 2.45) is 0 Å². The summed E-state index contributed by atoms with van der Waals surface area (Å²) in [6.07, 6.45) is 0.831. The maximum absolute atomic E-state index is 10.4. The van der Waals surface area contributed by atoms with Crippen LogP contribution in [0.5, 0.6) is 0 Å². The molecule has 1 aromatic heterocycles. The van der Waals surface area contributed by atoms with Crippen molar-refractivity contribution in [1.29, 1.82) is 5.41 Å². The van der Waals surface area contributed by atoms with Gasteiger partial charge in [-0.25, -0.2) is 4.98 Å². The molecule has 0 radical (unpaired) electrons. The van der Waals surface area contributed by atoms with Crippen molar-refractivity contribution >= 4 is 34.3 Å². The molecule has 0 fully saturated rings. The number of nitrogens with one attached hydrogen (secondary N) is 1. The van der Waals surface area contributed by atoms with Crippen LogP contribution < -0.4 is 0 Å². The molecule has 4 rings (SSSR count). The fourth-order valence-electron chi connectivity index (χ4n) is 3.10. The van der Waals surface area contributed by atoms with E-state index in [0.29, 0.717) is 34.5 Å². The Bertz CT molecular complexity index is 996. The predicted octanol–water partition coefficient (Wildman–Crippen LogP) is 5.27. The van der Waals surface area contributed by atoms with Crippen LogP contribution in [-0.4, -0.2) is 33.9 Å². The fraction of sp³-hybridized carbons (Fsp3) is 0.143. The first-order chi connectivity index (χ1) is 13.1. The summed E-state index contributed by atoms with van der Waals surface area (Å²) < 4.78 is 0. The van der Waals surface area contributed by atoms with E-state index >= 15 is 0 Å². The number of amidine groups is 1. The molecular weight excluding hydrogens is 378 g/mol. The van der Waals surface area contributed by atoms with Crippen LogP contribution >= 0.6 is 22.9 Å². The molecule has 0 bridgehead atoms. The Morgan fingerprint density at radius 1 is 1.11 bits per heavy atom. The van der Waals surface area contributed by atoms with E-state index in [-0.39, 0.29) is 5.76 Å². The van der Waals surface area contributed by atoms with E-state index in [9.17, 15) is 5.11 Å². The summed E-state index contributed by atoms with van der Waals surface area (Å²) >= 11 is 7.38. The normalized spacial score (nSPS) is 14.3. The number of thiazole rings is 1. The number of nitrogens with zero attached hydrogens (tertiary/aromatic N) is 2. The first-order valence-corrected chi connectivity index (χ1v) is 9.89. The summed E-state index contributed by atoms with van der Waals surface area (Å²) in [5, 5.41) is 22.2. The number of halogens is 1. The summed E-state index contributed by atoms with van der Waals surface area (Å²) in [4.78, 5) is 6.53. The Hall–Kier alpha value is -2.63. The van der Waals surface area contributed by atoms with Gasteiger partial charge in [-0.3, -0.25) is 5.41 Å². The van der Waals surface area contributed by atoms with Crippen molar-refractivity contribution in [3.05, 3.63) is 81.3 Å². The van der Waals surface area contributed by atoms with E-state index in [1.54, 1.807) is 0 Å². The van der Waals surface area contributed by atoms with Crippen LogP contribution in [0.4, 0.5) is 0 Å². The molecule has 27 heavy (non-hydrogen) atoms. The van der Waals surface area contributed by atoms with Crippen LogP contribution in [-0.2, 0) is 6.42 Å². The van der Waals surface area contributed by atoms with Crippen LogP contribution in [0.15, 0.2) is 65.7 Å². The number of hydrogen-bond acceptors (Lipinski definition) is 4. The smallest absolute Gasteiger partial charge is 0.135 e. The lowest BCUT2D eigenvalue weighted by Gasteiger charge is -2.18. The Morgan fingerprint density at radius 2 is 1.85 bits per heavy atom. The summed E-state index contributed by atoms with van der Waals surface area (Å²) in [5.74, 6) is 0.547. The maximum Gasteiger partial charge on any atom is 0.135 e. The SMILES string of the molecule is N=C1C(c2nc(-c3ccc(Cl)cc3)cs2)=C(O)CN1CCc1ccccc1. The molecule has 0 saturated heterocycles. The third-order valence-corrected chi connectivity index (χ3v) is 5.67. The van der Waals surface area contributed by atoms with Crippen LogP contribution in [0.3, 0.4) is 0 Å². The van der Waals surface area contributed by atoms with Gasteiger partial charge >= 0.3 is 0 Å². The first kappa shape index (κ1) is 17.8. The molecule has 3 aromatic rings. The van der Waals surface area contributed by atoms with Crippen molar-refractivity contribution < 1.29 is 5.11 Å². The van der Waals surface area contributed by atoms with Crippen molar-refractivity contribution in [2.45, 2.75) is 6.42 Å². The number of rotatable bonds is 5. The lowest BCUT2D eigenvalue weighted by molar-refractivity contribution is 0.351. The highest BCUT2D eigenvalue weighted by Gasteiger charge is 2.30. The number of aliphatic hydroxyl groups excluding tert-OH is 1. The Morgan fingerprint density at radius 3 is 2.59 bits per heavy atom. The highest BCUT2D eigenvalue weighted by atomic mass is 35.5. The zero-order chi connectivity index (χ0) is 18.8. The standard InChI is InChI=1S/C21H18ClN3OS/c22-16-8-6-15(7-9-16)17-13-27-21(24-17)19-18(26)12-25(20(19)23)11-10-14-4-2-1-3-5-14/h1-9,13,23,26H,10-12H2. The van der Waals surface area contributed by atoms with Crippen LogP contribution in [0.2, 0.25) is 5.02 Å². The second kappa shape index (κ2) is 7.55. The second-order valence-electron chi connectivity index (χ2n) is 6.37. The monoisotopic (exact) mass is 395 g/mol. The molecule has 2 heterocycles. The third-order valence-electron chi connectivity index (χ3n) is 4.55. The molecule has 0 aliphatic carbocycles. The van der Waals surface area contributed by atoms with Gasteiger partial charge in [0.25, 0.3) is 0 Å². The number of benzene rings is 2. The molecule has 0 saturated carbocycles. The molecule has 1 aliphatic rings. The molecule has 0 amide bonds. The molecule has 2 N–H and O–H groups in total. The van der Waals surface area contributed by atoms with Gasteiger partial charge in [-0.2, -0.15) is 0 Å². The minimum atomic E-state index is 0.213. The minimum absolute atomic E-state index is 0.213. The van der Waals surface area contributed by atoms with E-state index in [2.05, 4.69) is 17.1 Å². The van der Waals surface area contributed by atoms with Crippen molar-refractivity contribution in [3.8, 4) is 11.3 Å². The molecule has 0 unspecified atom stereocenters. The Balaban J connectivity index is 1.49. The molecule has 136 valence electrons. The van der Waals surface area contributed by atoms with Crippen molar-refractivity contribution in [1.82, 2.24) is 9.88 Å². The number of hydrogen-bond donors (Lipinski definition) is 2. The van der Waals surface area contributed by atoms with E-state index in [1.165, 1.54) is 16.9 Å². The highest BCUT2D eigenvalue weighted by Crippen LogP contribution is 2.32. The quantitative estimate of drug-likeness (QED) is 0.618. The zero-order valence-electron chi connectivity index (χ0n) is 14.5. The molecule has 0 spiro atoms. The Labute approximate surface area is 166 Å². The Kier molecular flexibility index (Phi) is 4.97. The van der Waals surface area contributed by atoms with E-state index in [0.717, 1.165) is 17.7 Å². The highest BCUT2D eigenvalue weighted by molar-refractivity contribution is 7.11. The van der Waals surface area contributed by atoms with E-state index < -0.39 is 0 Å². The topological polar surface area (TPSA) is 60.2 Å². The molecular formula is C21H18ClN3OS. The molecule has 4 nitrogen and oxygen atoms in total. The lowest BCUT2D eigenvalue weighted by Crippen LogP contribution is -2.28. The van der Waals surface area contributed by atoms with Gasteiger partial charge in [0, 0.05) is 22.5 Å². The van der Waals surface area contributed by atoms with Gasteiger partial charge in [0.1, 0.15) is 16.6 Å². The molecule has 1 aliphatic heterocycles. The van der Waals surface area contributed by atoms with Gasteiger partial charge in [-0.1, -0.05) is 54.1 Å². The van der Waals surface area contributed by atoms with Crippen LogP contribution in [0.1, 0.15) is 10.6 Å². The van der Waals surface area contributed by atoms with Crippen LogP contribution in [0.25, 0.3) is 16.8 Å². The second-order valence-corrected chi connectivity index (χ2v) is 7.67. The maximum atomic E-state index is 10.4. The van der Waals surface area contributed by atoms with E-state index in [1.807, 2.05) is 52.7 Å². The van der Waals surface area contributed by atoms with Gasteiger partial charge in [0.2, 0.25) is 0 Å². The average Bonchev–Trinajstić information content (AvgIpc) is 3.26. The predicted molar refractivity (Wildman–Crippen MR) is 112 cm³/mol. The fourth-order valence-corrected chi connectivity index (χ4v) is 4.12. The summed E-state index contributed by atoms with van der Waals surface area (Å²) in [6, 6.07) is 17.7. The molecule has 0 atom stereocenters. The molecule has 2 aromatic carbocycles. The average molecular weight is 396 g/mol. The summed E-state index contributed by atoms with van der Waals surface area (Å²) in [6.45, 7) is 1.04.